The lowest BCUT2D eigenvalue weighted by atomic mass is 10.0. The van der Waals surface area contributed by atoms with Gasteiger partial charge in [0, 0.05) is 38.3 Å². The predicted molar refractivity (Wildman–Crippen MR) is 127 cm³/mol. The van der Waals surface area contributed by atoms with Crippen LogP contribution >= 0.6 is 12.4 Å². The van der Waals surface area contributed by atoms with Gasteiger partial charge in [-0.3, -0.25) is 19.1 Å². The van der Waals surface area contributed by atoms with Crippen molar-refractivity contribution in [1.29, 1.82) is 0 Å². The van der Waals surface area contributed by atoms with Crippen molar-refractivity contribution in [1.82, 2.24) is 19.4 Å². The van der Waals surface area contributed by atoms with Crippen LogP contribution in [0.3, 0.4) is 0 Å². The maximum atomic E-state index is 12.8. The van der Waals surface area contributed by atoms with E-state index in [1.165, 1.54) is 28.7 Å². The van der Waals surface area contributed by atoms with Crippen molar-refractivity contribution in [2.75, 3.05) is 13.6 Å². The van der Waals surface area contributed by atoms with Gasteiger partial charge >= 0.3 is 0 Å². The summed E-state index contributed by atoms with van der Waals surface area (Å²) in [5, 5.41) is 0.560. The minimum Gasteiger partial charge on any atom is -0.342 e. The van der Waals surface area contributed by atoms with Crippen molar-refractivity contribution in [3.63, 3.8) is 0 Å². The Bertz CT molecular complexity index is 1090. The van der Waals surface area contributed by atoms with Crippen molar-refractivity contribution < 1.29 is 4.79 Å². The maximum absolute atomic E-state index is 12.8. The Labute approximate surface area is 189 Å². The van der Waals surface area contributed by atoms with Gasteiger partial charge in [0.2, 0.25) is 5.91 Å². The predicted octanol–water partition coefficient (Wildman–Crippen LogP) is 4.29. The molecule has 0 saturated heterocycles. The topological polar surface area (TPSA) is 68.1 Å². The number of rotatable bonds is 8. The Morgan fingerprint density at radius 2 is 2.03 bits per heavy atom. The molecule has 0 aliphatic rings. The molecule has 7 heteroatoms. The Morgan fingerprint density at radius 3 is 2.74 bits per heavy atom. The summed E-state index contributed by atoms with van der Waals surface area (Å²) >= 11 is 0. The van der Waals surface area contributed by atoms with E-state index in [2.05, 4.69) is 29.9 Å². The molecule has 0 unspecified atom stereocenters. The average Bonchev–Trinajstić information content (AvgIpc) is 2.76. The van der Waals surface area contributed by atoms with Crippen LogP contribution in [0.25, 0.3) is 17.1 Å². The largest absolute Gasteiger partial charge is 0.342 e. The summed E-state index contributed by atoms with van der Waals surface area (Å²) in [4.78, 5) is 35.3. The molecule has 0 spiro atoms. The van der Waals surface area contributed by atoms with Crippen molar-refractivity contribution in [2.45, 2.75) is 39.0 Å². The number of hydrogen-bond donors (Lipinski definition) is 0. The Morgan fingerprint density at radius 1 is 1.23 bits per heavy atom. The Kier molecular flexibility index (Phi) is 8.94. The summed E-state index contributed by atoms with van der Waals surface area (Å²) in [6.07, 6.45) is 10.8. The quantitative estimate of drug-likeness (QED) is 0.387. The third-order valence-electron chi connectivity index (χ3n) is 5.16. The van der Waals surface area contributed by atoms with Crippen LogP contribution in [0.4, 0.5) is 0 Å². The first-order valence-corrected chi connectivity index (χ1v) is 10.3. The van der Waals surface area contributed by atoms with Crippen molar-refractivity contribution >= 4 is 35.4 Å². The number of unbranched alkanes of at least 4 members (excludes halogenated alkanes) is 1. The van der Waals surface area contributed by atoms with Crippen LogP contribution in [0.15, 0.2) is 59.9 Å². The third-order valence-corrected chi connectivity index (χ3v) is 5.16. The van der Waals surface area contributed by atoms with Crippen LogP contribution in [0.5, 0.6) is 0 Å². The fraction of sp³-hybridized carbons (Fsp3) is 0.333. The van der Waals surface area contributed by atoms with Crippen LogP contribution in [0.2, 0.25) is 0 Å². The summed E-state index contributed by atoms with van der Waals surface area (Å²) in [6.45, 7) is 4.83. The number of aryl methyl sites for hydroxylation is 1. The molecule has 164 valence electrons. The van der Waals surface area contributed by atoms with E-state index in [1.54, 1.807) is 18.1 Å². The summed E-state index contributed by atoms with van der Waals surface area (Å²) in [5.74, 6) is 0.186. The lowest BCUT2D eigenvalue weighted by molar-refractivity contribution is -0.124. The SMILES string of the molecule is CC(C)c1ccc2ncn(/C=C/C(=O)N(C)CCCCc3cccnc3)c(=O)c2c1.Cl. The smallest absolute Gasteiger partial charge is 0.265 e. The molecule has 2 aromatic heterocycles. The third kappa shape index (κ3) is 6.49. The van der Waals surface area contributed by atoms with E-state index in [9.17, 15) is 9.59 Å². The molecule has 0 atom stereocenters. The monoisotopic (exact) mass is 440 g/mol. The van der Waals surface area contributed by atoms with Gasteiger partial charge in [0.1, 0.15) is 6.33 Å². The second kappa shape index (κ2) is 11.4. The zero-order valence-corrected chi connectivity index (χ0v) is 19.0. The zero-order valence-electron chi connectivity index (χ0n) is 18.2. The zero-order chi connectivity index (χ0) is 21.5. The van der Waals surface area contributed by atoms with Crippen LogP contribution in [0, 0.1) is 0 Å². The molecule has 2 heterocycles. The number of amides is 1. The van der Waals surface area contributed by atoms with Gasteiger partial charge in [-0.1, -0.05) is 26.0 Å². The first-order valence-electron chi connectivity index (χ1n) is 10.3. The van der Waals surface area contributed by atoms with Gasteiger partial charge in [-0.25, -0.2) is 4.98 Å². The summed E-state index contributed by atoms with van der Waals surface area (Å²) < 4.78 is 1.36. The van der Waals surface area contributed by atoms with Crippen molar-refractivity contribution in [2.24, 2.45) is 0 Å². The molecule has 6 nitrogen and oxygen atoms in total. The van der Waals surface area contributed by atoms with E-state index in [4.69, 9.17) is 0 Å². The summed E-state index contributed by atoms with van der Waals surface area (Å²) in [5.41, 5.74) is 2.78. The standard InChI is InChI=1S/C24H28N4O2.ClH/c1-18(2)20-9-10-22-21(15-20)24(30)28(17-26-22)14-11-23(29)27(3)13-5-4-7-19-8-6-12-25-16-19;/h6,8-12,14-18H,4-5,7,13H2,1-3H3;1H/b14-11+;. The van der Waals surface area contributed by atoms with Crippen LogP contribution < -0.4 is 5.56 Å². The van der Waals surface area contributed by atoms with Crippen LogP contribution in [0.1, 0.15) is 43.7 Å². The number of aromatic nitrogens is 3. The first kappa shape index (κ1) is 24.3. The molecule has 0 radical (unpaired) electrons. The number of carbonyl (C=O) groups excluding carboxylic acids is 1. The highest BCUT2D eigenvalue weighted by molar-refractivity contribution is 5.90. The average molecular weight is 441 g/mol. The molecule has 0 N–H and O–H groups in total. The van der Waals surface area contributed by atoms with E-state index in [0.717, 1.165) is 24.8 Å². The number of pyridine rings is 1. The molecule has 0 fully saturated rings. The van der Waals surface area contributed by atoms with Gasteiger partial charge in [-0.05, 0) is 54.5 Å². The molecule has 0 aliphatic carbocycles. The minimum atomic E-state index is -0.175. The molecular formula is C24H29ClN4O2. The highest BCUT2D eigenvalue weighted by atomic mass is 35.5. The van der Waals surface area contributed by atoms with E-state index in [1.807, 2.05) is 30.5 Å². The number of halogens is 1. The van der Waals surface area contributed by atoms with Crippen LogP contribution in [-0.2, 0) is 11.2 Å². The number of fused-ring (bicyclic) bond motifs is 1. The number of likely N-dealkylation sites (N-methyl/N-ethyl adjacent to an activating group) is 1. The highest BCUT2D eigenvalue weighted by Gasteiger charge is 2.08. The van der Waals surface area contributed by atoms with E-state index in [0.29, 0.717) is 23.4 Å². The number of benzene rings is 1. The molecule has 1 amide bonds. The van der Waals surface area contributed by atoms with Gasteiger partial charge in [0.05, 0.1) is 10.9 Å². The second-order valence-corrected chi connectivity index (χ2v) is 7.78. The summed E-state index contributed by atoms with van der Waals surface area (Å²) in [6, 6.07) is 9.74. The van der Waals surface area contributed by atoms with E-state index < -0.39 is 0 Å². The van der Waals surface area contributed by atoms with E-state index in [-0.39, 0.29) is 23.9 Å². The maximum Gasteiger partial charge on any atom is 0.265 e. The Balaban J connectivity index is 0.00000341. The molecule has 0 aliphatic heterocycles. The first-order chi connectivity index (χ1) is 14.5. The molecule has 3 rings (SSSR count). The van der Waals surface area contributed by atoms with Gasteiger partial charge in [0.25, 0.3) is 5.56 Å². The van der Waals surface area contributed by atoms with Crippen molar-refractivity contribution in [3.8, 4) is 0 Å². The lowest BCUT2D eigenvalue weighted by Crippen LogP contribution is -2.26. The summed E-state index contributed by atoms with van der Waals surface area (Å²) in [7, 11) is 1.77. The lowest BCUT2D eigenvalue weighted by Gasteiger charge is -2.14. The number of carbonyl (C=O) groups is 1. The molecular weight excluding hydrogens is 412 g/mol. The van der Waals surface area contributed by atoms with E-state index >= 15 is 0 Å². The molecule has 0 saturated carbocycles. The number of hydrogen-bond acceptors (Lipinski definition) is 4. The van der Waals surface area contributed by atoms with Crippen molar-refractivity contribution in [3.05, 3.63) is 76.6 Å². The van der Waals surface area contributed by atoms with Gasteiger partial charge in [0.15, 0.2) is 0 Å². The normalized spacial score (nSPS) is 11.1. The fourth-order valence-electron chi connectivity index (χ4n) is 3.22. The minimum absolute atomic E-state index is 0. The molecule has 1 aromatic carbocycles. The second-order valence-electron chi connectivity index (χ2n) is 7.78. The fourth-order valence-corrected chi connectivity index (χ4v) is 3.22. The Hall–Kier alpha value is -2.99. The van der Waals surface area contributed by atoms with Gasteiger partial charge in [-0.15, -0.1) is 12.4 Å². The van der Waals surface area contributed by atoms with Crippen LogP contribution in [-0.4, -0.2) is 38.9 Å². The van der Waals surface area contributed by atoms with Gasteiger partial charge in [-0.2, -0.15) is 0 Å². The molecule has 3 aromatic rings. The molecule has 0 bridgehead atoms. The molecule has 31 heavy (non-hydrogen) atoms. The highest BCUT2D eigenvalue weighted by Crippen LogP contribution is 2.17. The van der Waals surface area contributed by atoms with Gasteiger partial charge < -0.3 is 4.90 Å². The number of nitrogens with zero attached hydrogens (tertiary/aromatic N) is 4.